The van der Waals surface area contributed by atoms with Crippen LogP contribution in [0.4, 0.5) is 0 Å². The smallest absolute Gasteiger partial charge is 0.0900 e. The van der Waals surface area contributed by atoms with E-state index in [-0.39, 0.29) is 12.2 Å². The van der Waals surface area contributed by atoms with E-state index in [1.165, 1.54) is 38.8 Å². The zero-order chi connectivity index (χ0) is 15.2. The van der Waals surface area contributed by atoms with Gasteiger partial charge in [0.1, 0.15) is 0 Å². The first kappa shape index (κ1) is 16.7. The minimum atomic E-state index is -0.371. The SMILES string of the molecule is OC(COCC1CCCO1)CN1CCC(N2CCCC2)CC1. The molecule has 0 aromatic rings. The largest absolute Gasteiger partial charge is 0.389 e. The summed E-state index contributed by atoms with van der Waals surface area (Å²) in [7, 11) is 0. The van der Waals surface area contributed by atoms with Crippen LogP contribution in [-0.4, -0.2) is 85.7 Å². The Labute approximate surface area is 134 Å². The van der Waals surface area contributed by atoms with Gasteiger partial charge in [-0.2, -0.15) is 0 Å². The minimum absolute atomic E-state index is 0.253. The molecule has 2 unspecified atom stereocenters. The van der Waals surface area contributed by atoms with Crippen LogP contribution in [0, 0.1) is 0 Å². The summed E-state index contributed by atoms with van der Waals surface area (Å²) in [5, 5.41) is 10.1. The Kier molecular flexibility index (Phi) is 6.51. The number of aliphatic hydroxyl groups excluding tert-OH is 1. The summed E-state index contributed by atoms with van der Waals surface area (Å²) < 4.78 is 11.1. The molecule has 0 aromatic heterocycles. The van der Waals surface area contributed by atoms with Crippen molar-refractivity contribution in [2.45, 2.75) is 56.8 Å². The van der Waals surface area contributed by atoms with Crippen LogP contribution < -0.4 is 0 Å². The van der Waals surface area contributed by atoms with Gasteiger partial charge >= 0.3 is 0 Å². The quantitative estimate of drug-likeness (QED) is 0.763. The van der Waals surface area contributed by atoms with Gasteiger partial charge in [0.25, 0.3) is 0 Å². The van der Waals surface area contributed by atoms with E-state index >= 15 is 0 Å². The normalized spacial score (nSPS) is 30.1. The van der Waals surface area contributed by atoms with Crippen molar-refractivity contribution >= 4 is 0 Å². The first-order valence-corrected chi connectivity index (χ1v) is 9.15. The number of piperidine rings is 1. The molecule has 0 radical (unpaired) electrons. The molecule has 0 aliphatic carbocycles. The lowest BCUT2D eigenvalue weighted by molar-refractivity contribution is -0.0281. The van der Waals surface area contributed by atoms with E-state index in [9.17, 15) is 5.11 Å². The molecule has 0 spiro atoms. The van der Waals surface area contributed by atoms with Gasteiger partial charge in [-0.3, -0.25) is 0 Å². The van der Waals surface area contributed by atoms with Gasteiger partial charge in [0.15, 0.2) is 0 Å². The fraction of sp³-hybridized carbons (Fsp3) is 1.00. The van der Waals surface area contributed by atoms with Gasteiger partial charge < -0.3 is 24.4 Å². The topological polar surface area (TPSA) is 45.2 Å². The Hall–Kier alpha value is -0.200. The molecular weight excluding hydrogens is 280 g/mol. The van der Waals surface area contributed by atoms with E-state index in [0.29, 0.717) is 13.2 Å². The number of nitrogens with zero attached hydrogens (tertiary/aromatic N) is 2. The molecule has 5 nitrogen and oxygen atoms in total. The van der Waals surface area contributed by atoms with Crippen molar-refractivity contribution in [3.8, 4) is 0 Å². The monoisotopic (exact) mass is 312 g/mol. The van der Waals surface area contributed by atoms with Gasteiger partial charge in [0.2, 0.25) is 0 Å². The zero-order valence-corrected chi connectivity index (χ0v) is 13.8. The van der Waals surface area contributed by atoms with E-state index in [1.807, 2.05) is 0 Å². The first-order valence-electron chi connectivity index (χ1n) is 9.15. The number of aliphatic hydroxyl groups is 1. The van der Waals surface area contributed by atoms with Crippen LogP contribution in [0.5, 0.6) is 0 Å². The second-order valence-electron chi connectivity index (χ2n) is 7.10. The Morgan fingerprint density at radius 2 is 1.82 bits per heavy atom. The van der Waals surface area contributed by atoms with Gasteiger partial charge in [-0.15, -0.1) is 0 Å². The van der Waals surface area contributed by atoms with Crippen molar-refractivity contribution in [2.24, 2.45) is 0 Å². The predicted molar refractivity (Wildman–Crippen MR) is 86.1 cm³/mol. The molecule has 3 aliphatic rings. The molecule has 0 amide bonds. The summed E-state index contributed by atoms with van der Waals surface area (Å²) in [6, 6.07) is 0.784. The molecule has 3 rings (SSSR count). The van der Waals surface area contributed by atoms with E-state index in [4.69, 9.17) is 9.47 Å². The maximum absolute atomic E-state index is 10.1. The van der Waals surface area contributed by atoms with Crippen molar-refractivity contribution < 1.29 is 14.6 Å². The van der Waals surface area contributed by atoms with Crippen LogP contribution in [0.25, 0.3) is 0 Å². The lowest BCUT2D eigenvalue weighted by Gasteiger charge is -2.37. The Balaban J connectivity index is 1.26. The fourth-order valence-electron chi connectivity index (χ4n) is 4.04. The maximum atomic E-state index is 10.1. The number of ether oxygens (including phenoxy) is 2. The Bertz CT molecular complexity index is 309. The number of likely N-dealkylation sites (tertiary alicyclic amines) is 2. The Morgan fingerprint density at radius 3 is 2.50 bits per heavy atom. The van der Waals surface area contributed by atoms with Crippen molar-refractivity contribution in [1.29, 1.82) is 0 Å². The van der Waals surface area contributed by atoms with Crippen molar-refractivity contribution in [3.63, 3.8) is 0 Å². The fourth-order valence-corrected chi connectivity index (χ4v) is 4.04. The number of hydrogen-bond donors (Lipinski definition) is 1. The highest BCUT2D eigenvalue weighted by Crippen LogP contribution is 2.21. The lowest BCUT2D eigenvalue weighted by Crippen LogP contribution is -2.46. The second-order valence-corrected chi connectivity index (χ2v) is 7.10. The molecule has 0 aromatic carbocycles. The third kappa shape index (κ3) is 4.90. The van der Waals surface area contributed by atoms with Gasteiger partial charge in [-0.05, 0) is 64.7 Å². The lowest BCUT2D eigenvalue weighted by atomic mass is 10.0. The average Bonchev–Trinajstić information content (AvgIpc) is 3.21. The molecule has 3 saturated heterocycles. The van der Waals surface area contributed by atoms with E-state index < -0.39 is 0 Å². The summed E-state index contributed by atoms with van der Waals surface area (Å²) >= 11 is 0. The van der Waals surface area contributed by atoms with Crippen molar-refractivity contribution in [1.82, 2.24) is 9.80 Å². The molecule has 3 aliphatic heterocycles. The highest BCUT2D eigenvalue weighted by Gasteiger charge is 2.27. The molecular formula is C17H32N2O3. The summed E-state index contributed by atoms with van der Waals surface area (Å²) in [6.07, 6.45) is 7.38. The molecule has 128 valence electrons. The average molecular weight is 312 g/mol. The highest BCUT2D eigenvalue weighted by molar-refractivity contribution is 4.83. The van der Waals surface area contributed by atoms with Crippen LogP contribution in [0.1, 0.15) is 38.5 Å². The molecule has 2 atom stereocenters. The molecule has 22 heavy (non-hydrogen) atoms. The van der Waals surface area contributed by atoms with E-state index in [2.05, 4.69) is 9.80 Å². The molecule has 1 N–H and O–H groups in total. The minimum Gasteiger partial charge on any atom is -0.389 e. The van der Waals surface area contributed by atoms with E-state index in [1.54, 1.807) is 0 Å². The molecule has 3 fully saturated rings. The van der Waals surface area contributed by atoms with Gasteiger partial charge in [0.05, 0.1) is 25.4 Å². The summed E-state index contributed by atoms with van der Waals surface area (Å²) in [5.41, 5.74) is 0. The van der Waals surface area contributed by atoms with Gasteiger partial charge in [-0.1, -0.05) is 0 Å². The molecule has 3 heterocycles. The van der Waals surface area contributed by atoms with E-state index in [0.717, 1.165) is 45.1 Å². The number of β-amino-alcohol motifs (C(OH)–C–C–N with tert-alkyl or cyclic N) is 1. The standard InChI is InChI=1S/C17H32N2O3/c20-16(13-21-14-17-4-3-11-22-17)12-18-9-5-15(6-10-18)19-7-1-2-8-19/h15-17,20H,1-14H2. The third-order valence-corrected chi connectivity index (χ3v) is 5.32. The van der Waals surface area contributed by atoms with Crippen LogP contribution in [0.3, 0.4) is 0 Å². The number of hydrogen-bond acceptors (Lipinski definition) is 5. The van der Waals surface area contributed by atoms with Crippen LogP contribution in [0.2, 0.25) is 0 Å². The second kappa shape index (κ2) is 8.60. The van der Waals surface area contributed by atoms with Crippen LogP contribution >= 0.6 is 0 Å². The summed E-state index contributed by atoms with van der Waals surface area (Å²) in [4.78, 5) is 5.06. The van der Waals surface area contributed by atoms with Gasteiger partial charge in [0, 0.05) is 19.2 Å². The molecule has 0 bridgehead atoms. The highest BCUT2D eigenvalue weighted by atomic mass is 16.5. The molecule has 5 heteroatoms. The van der Waals surface area contributed by atoms with Gasteiger partial charge in [-0.25, -0.2) is 0 Å². The molecule has 0 saturated carbocycles. The van der Waals surface area contributed by atoms with Crippen LogP contribution in [-0.2, 0) is 9.47 Å². The third-order valence-electron chi connectivity index (χ3n) is 5.32. The van der Waals surface area contributed by atoms with Crippen LogP contribution in [0.15, 0.2) is 0 Å². The predicted octanol–water partition coefficient (Wildman–Crippen LogP) is 1.10. The maximum Gasteiger partial charge on any atom is 0.0900 e. The van der Waals surface area contributed by atoms with Crippen molar-refractivity contribution in [2.75, 3.05) is 52.5 Å². The zero-order valence-electron chi connectivity index (χ0n) is 13.8. The van der Waals surface area contributed by atoms with Crippen molar-refractivity contribution in [3.05, 3.63) is 0 Å². The number of rotatable bonds is 7. The Morgan fingerprint density at radius 1 is 1.05 bits per heavy atom. The first-order chi connectivity index (χ1) is 10.8. The summed E-state index contributed by atoms with van der Waals surface area (Å²) in [6.45, 7) is 7.50. The summed E-state index contributed by atoms with van der Waals surface area (Å²) in [5.74, 6) is 0.